The summed E-state index contributed by atoms with van der Waals surface area (Å²) in [5.41, 5.74) is 0. The molecule has 21 heavy (non-hydrogen) atoms. The minimum atomic E-state index is -3.39. The predicted molar refractivity (Wildman–Crippen MR) is 80.9 cm³/mol. The molecule has 9 heteroatoms. The van der Waals surface area contributed by atoms with E-state index in [4.69, 9.17) is 37.4 Å². The number of aliphatic hydroxyl groups excluding tert-OH is 2. The van der Waals surface area contributed by atoms with Crippen LogP contribution in [0.25, 0.3) is 0 Å². The molecule has 0 bridgehead atoms. The van der Waals surface area contributed by atoms with E-state index in [1.54, 1.807) is 14.2 Å². The third-order valence-electron chi connectivity index (χ3n) is 1.87. The van der Waals surface area contributed by atoms with Crippen molar-refractivity contribution in [2.24, 2.45) is 0 Å². The topological polar surface area (TPSA) is 95.8 Å². The molecule has 0 aliphatic heterocycles. The molecule has 0 saturated carbocycles. The van der Waals surface area contributed by atoms with Crippen molar-refractivity contribution in [1.29, 1.82) is 0 Å². The summed E-state index contributed by atoms with van der Waals surface area (Å²) >= 11 is 0. The molecule has 8 nitrogen and oxygen atoms in total. The zero-order valence-electron chi connectivity index (χ0n) is 11.5. The lowest BCUT2D eigenvalue weighted by Gasteiger charge is -2.27. The van der Waals surface area contributed by atoms with E-state index in [-0.39, 0.29) is 54.5 Å². The molecule has 0 aliphatic carbocycles. The van der Waals surface area contributed by atoms with Gasteiger partial charge in [0.15, 0.2) is 0 Å². The van der Waals surface area contributed by atoms with E-state index in [1.165, 1.54) is 0 Å². The first-order valence-corrected chi connectivity index (χ1v) is 7.63. The van der Waals surface area contributed by atoms with Crippen molar-refractivity contribution in [3.05, 3.63) is 0 Å². The monoisotopic (exact) mass is 332 g/mol. The number of methoxy groups -OCH3 is 2. The summed E-state index contributed by atoms with van der Waals surface area (Å²) in [5.74, 6) is 0. The maximum absolute atomic E-state index is 8.83. The van der Waals surface area contributed by atoms with Gasteiger partial charge in [-0.2, -0.15) is 0 Å². The lowest BCUT2D eigenvalue weighted by molar-refractivity contribution is -0.0583. The molecule has 0 radical (unpaired) electrons. The Morgan fingerprint density at radius 1 is 0.619 bits per heavy atom. The quantitative estimate of drug-likeness (QED) is 0.340. The molecule has 0 amide bonds. The highest BCUT2D eigenvalue weighted by molar-refractivity contribution is 6.53. The standard InChI is InChI=1S/C10H24O8Si.2CH4/c1-13-7-9-17-19(15-5-3-11,16-6-4-12)18-10-8-14-2;;/h11-12H,3-10H2,1-2H3;2*1H4. The van der Waals surface area contributed by atoms with Gasteiger partial charge in [0, 0.05) is 14.2 Å². The van der Waals surface area contributed by atoms with Crippen molar-refractivity contribution in [1.82, 2.24) is 0 Å². The second-order valence-corrected chi connectivity index (χ2v) is 5.48. The maximum atomic E-state index is 8.83. The van der Waals surface area contributed by atoms with Gasteiger partial charge in [-0.3, -0.25) is 0 Å². The molecule has 0 aromatic heterocycles. The number of hydrogen-bond acceptors (Lipinski definition) is 8. The molecular formula is C12H32O8Si. The molecule has 0 fully saturated rings. The van der Waals surface area contributed by atoms with Crippen molar-refractivity contribution < 1.29 is 37.4 Å². The SMILES string of the molecule is C.C.COCCO[Si](OCCO)(OCCO)OCCOC. The first-order chi connectivity index (χ1) is 9.24. The van der Waals surface area contributed by atoms with Crippen LogP contribution in [0.4, 0.5) is 0 Å². The van der Waals surface area contributed by atoms with Crippen LogP contribution in [0.5, 0.6) is 0 Å². The summed E-state index contributed by atoms with van der Waals surface area (Å²) in [7, 11) is -0.306. The van der Waals surface area contributed by atoms with Crippen molar-refractivity contribution in [3.63, 3.8) is 0 Å². The smallest absolute Gasteiger partial charge is 0.394 e. The second kappa shape index (κ2) is 17.9. The zero-order valence-corrected chi connectivity index (χ0v) is 12.5. The Morgan fingerprint density at radius 2 is 0.952 bits per heavy atom. The van der Waals surface area contributed by atoms with Crippen LogP contribution < -0.4 is 0 Å². The van der Waals surface area contributed by atoms with Gasteiger partial charge in [-0.25, -0.2) is 0 Å². The molecular weight excluding hydrogens is 300 g/mol. The summed E-state index contributed by atoms with van der Waals surface area (Å²) in [6.07, 6.45) is 0. The number of rotatable bonds is 14. The summed E-state index contributed by atoms with van der Waals surface area (Å²) in [6.45, 7) is 0.853. The molecule has 0 aliphatic rings. The van der Waals surface area contributed by atoms with E-state index in [2.05, 4.69) is 0 Å². The van der Waals surface area contributed by atoms with E-state index < -0.39 is 9.05 Å². The Hall–Kier alpha value is -0.103. The number of aliphatic hydroxyl groups is 2. The van der Waals surface area contributed by atoms with E-state index in [1.807, 2.05) is 0 Å². The predicted octanol–water partition coefficient (Wildman–Crippen LogP) is 0.0380. The lowest BCUT2D eigenvalue weighted by atomic mass is 10.8. The Labute approximate surface area is 129 Å². The third kappa shape index (κ3) is 13.3. The first-order valence-electron chi connectivity index (χ1n) is 6.00. The molecule has 132 valence electrons. The number of hydrogen-bond donors (Lipinski definition) is 2. The van der Waals surface area contributed by atoms with Gasteiger partial charge < -0.3 is 37.4 Å². The summed E-state index contributed by atoms with van der Waals surface area (Å²) in [6, 6.07) is 0. The second-order valence-electron chi connectivity index (χ2n) is 3.33. The Bertz CT molecular complexity index is 176. The van der Waals surface area contributed by atoms with Gasteiger partial charge >= 0.3 is 9.05 Å². The highest BCUT2D eigenvalue weighted by Gasteiger charge is 2.45. The van der Waals surface area contributed by atoms with Gasteiger partial charge in [0.25, 0.3) is 0 Å². The van der Waals surface area contributed by atoms with Crippen molar-refractivity contribution in [3.8, 4) is 0 Å². The lowest BCUT2D eigenvalue weighted by Crippen LogP contribution is -2.51. The maximum Gasteiger partial charge on any atom is 0.680 e. The molecule has 2 N–H and O–H groups in total. The molecule has 0 aromatic carbocycles. The van der Waals surface area contributed by atoms with Crippen molar-refractivity contribution in [2.45, 2.75) is 14.9 Å². The molecule has 0 saturated heterocycles. The van der Waals surface area contributed by atoms with E-state index in [0.717, 1.165) is 0 Å². The average molecular weight is 332 g/mol. The fourth-order valence-corrected chi connectivity index (χ4v) is 2.94. The molecule has 0 atom stereocenters. The van der Waals surface area contributed by atoms with Gasteiger partial charge in [0.2, 0.25) is 0 Å². The average Bonchev–Trinajstić information content (AvgIpc) is 2.43. The zero-order chi connectivity index (χ0) is 14.4. The highest BCUT2D eigenvalue weighted by Crippen LogP contribution is 2.12. The number of ether oxygens (including phenoxy) is 2. The van der Waals surface area contributed by atoms with Crippen LogP contribution in [0, 0.1) is 0 Å². The fraction of sp³-hybridized carbons (Fsp3) is 1.00. The van der Waals surface area contributed by atoms with Crippen LogP contribution in [0.1, 0.15) is 14.9 Å². The Morgan fingerprint density at radius 3 is 1.24 bits per heavy atom. The van der Waals surface area contributed by atoms with Crippen LogP contribution in [0.3, 0.4) is 0 Å². The van der Waals surface area contributed by atoms with E-state index in [0.29, 0.717) is 13.2 Å². The molecule has 0 heterocycles. The molecule has 0 spiro atoms. The van der Waals surface area contributed by atoms with Gasteiger partial charge in [-0.05, 0) is 0 Å². The highest BCUT2D eigenvalue weighted by atomic mass is 28.4. The van der Waals surface area contributed by atoms with E-state index in [9.17, 15) is 0 Å². The minimum absolute atomic E-state index is 0. The summed E-state index contributed by atoms with van der Waals surface area (Å²) in [4.78, 5) is 0. The normalized spacial score (nSPS) is 10.9. The molecule has 0 aromatic rings. The van der Waals surface area contributed by atoms with Gasteiger partial charge in [-0.15, -0.1) is 0 Å². The first kappa shape index (κ1) is 25.8. The Kier molecular flexibility index (Phi) is 22.1. The molecule has 0 unspecified atom stereocenters. The largest absolute Gasteiger partial charge is 0.680 e. The minimum Gasteiger partial charge on any atom is -0.394 e. The van der Waals surface area contributed by atoms with Crippen LogP contribution in [0.2, 0.25) is 0 Å². The van der Waals surface area contributed by atoms with Crippen LogP contribution in [0.15, 0.2) is 0 Å². The van der Waals surface area contributed by atoms with Crippen LogP contribution >= 0.6 is 0 Å². The third-order valence-corrected chi connectivity index (χ3v) is 4.10. The van der Waals surface area contributed by atoms with Gasteiger partial charge in [0.05, 0.1) is 52.9 Å². The summed E-state index contributed by atoms with van der Waals surface area (Å²) < 4.78 is 31.5. The van der Waals surface area contributed by atoms with Crippen molar-refractivity contribution in [2.75, 3.05) is 67.1 Å². The van der Waals surface area contributed by atoms with Gasteiger partial charge in [0.1, 0.15) is 0 Å². The Balaban J connectivity index is -0.00000162. The fourth-order valence-electron chi connectivity index (χ4n) is 1.09. The van der Waals surface area contributed by atoms with Crippen LogP contribution in [-0.4, -0.2) is 86.3 Å². The molecule has 0 rings (SSSR count). The van der Waals surface area contributed by atoms with E-state index >= 15 is 0 Å². The summed E-state index contributed by atoms with van der Waals surface area (Å²) in [5, 5.41) is 17.7. The van der Waals surface area contributed by atoms with Gasteiger partial charge in [-0.1, -0.05) is 14.9 Å². The van der Waals surface area contributed by atoms with Crippen LogP contribution in [-0.2, 0) is 27.2 Å². The van der Waals surface area contributed by atoms with Crippen molar-refractivity contribution >= 4 is 9.05 Å².